The van der Waals surface area contributed by atoms with Gasteiger partial charge in [-0.15, -0.1) is 6.58 Å². The first-order chi connectivity index (χ1) is 13.8. The van der Waals surface area contributed by atoms with Crippen LogP contribution < -0.4 is 0 Å². The van der Waals surface area contributed by atoms with E-state index in [0.717, 1.165) is 17.7 Å². The molecule has 0 aliphatic carbocycles. The van der Waals surface area contributed by atoms with E-state index >= 15 is 0 Å². The van der Waals surface area contributed by atoms with Crippen LogP contribution in [0.3, 0.4) is 0 Å². The van der Waals surface area contributed by atoms with E-state index in [1.165, 1.54) is 0 Å². The van der Waals surface area contributed by atoms with Crippen LogP contribution in [0.4, 0.5) is 0 Å². The van der Waals surface area contributed by atoms with Crippen LogP contribution in [0.25, 0.3) is 0 Å². The maximum absolute atomic E-state index is 13.1. The quantitative estimate of drug-likeness (QED) is 0.563. The summed E-state index contributed by atoms with van der Waals surface area (Å²) in [6.07, 6.45) is 4.39. The zero-order chi connectivity index (χ0) is 21.3. The summed E-state index contributed by atoms with van der Waals surface area (Å²) in [6.45, 7) is 11.1. The summed E-state index contributed by atoms with van der Waals surface area (Å²) in [4.78, 5) is 29.1. The van der Waals surface area contributed by atoms with Gasteiger partial charge < -0.3 is 14.2 Å². The lowest BCUT2D eigenvalue weighted by Gasteiger charge is -2.28. The molecule has 1 aromatic carbocycles. The molecule has 29 heavy (non-hydrogen) atoms. The van der Waals surface area contributed by atoms with Gasteiger partial charge in [0.2, 0.25) is 11.8 Å². The number of hydrogen-bond acceptors (Lipinski definition) is 3. The molecule has 0 aliphatic heterocycles. The van der Waals surface area contributed by atoms with E-state index in [9.17, 15) is 9.59 Å². The van der Waals surface area contributed by atoms with Gasteiger partial charge in [0.1, 0.15) is 12.3 Å². The van der Waals surface area contributed by atoms with Crippen LogP contribution in [-0.2, 0) is 22.6 Å². The lowest BCUT2D eigenvalue weighted by Crippen LogP contribution is -2.44. The second kappa shape index (κ2) is 10.6. The van der Waals surface area contributed by atoms with Gasteiger partial charge in [0.15, 0.2) is 0 Å². The summed E-state index contributed by atoms with van der Waals surface area (Å²) < 4.78 is 5.44. The zero-order valence-electron chi connectivity index (χ0n) is 17.8. The number of carbonyl (C=O) groups excluding carboxylic acids is 2. The normalized spacial score (nSPS) is 11.1. The van der Waals surface area contributed by atoms with Gasteiger partial charge in [0.05, 0.1) is 12.8 Å². The van der Waals surface area contributed by atoms with Crippen molar-refractivity contribution in [1.82, 2.24) is 9.80 Å². The zero-order valence-corrected chi connectivity index (χ0v) is 17.8. The van der Waals surface area contributed by atoms with E-state index in [1.807, 2.05) is 63.2 Å². The molecule has 0 atom stereocenters. The predicted octanol–water partition coefficient (Wildman–Crippen LogP) is 4.30. The third-order valence-electron chi connectivity index (χ3n) is 4.50. The minimum atomic E-state index is -0.138. The second-order valence-electron chi connectivity index (χ2n) is 8.43. The molecular weight excluding hydrogens is 364 g/mol. The van der Waals surface area contributed by atoms with Gasteiger partial charge in [-0.25, -0.2) is 0 Å². The molecule has 0 bridgehead atoms. The number of furan rings is 1. The second-order valence-corrected chi connectivity index (χ2v) is 8.43. The highest BCUT2D eigenvalue weighted by Crippen LogP contribution is 2.20. The van der Waals surface area contributed by atoms with Crippen molar-refractivity contribution in [3.8, 4) is 0 Å². The topological polar surface area (TPSA) is 53.8 Å². The SMILES string of the molecule is C=CCN(CC(=O)N(CCc1ccccc1)Cc1ccco1)C(=O)CC(C)(C)C. The maximum atomic E-state index is 13.1. The van der Waals surface area contributed by atoms with Crippen molar-refractivity contribution in [3.63, 3.8) is 0 Å². The molecular formula is C24H32N2O3. The number of benzene rings is 1. The first kappa shape index (κ1) is 22.5. The largest absolute Gasteiger partial charge is 0.467 e. The maximum Gasteiger partial charge on any atom is 0.242 e. The number of hydrogen-bond donors (Lipinski definition) is 0. The fraction of sp³-hybridized carbons (Fsp3) is 0.417. The van der Waals surface area contributed by atoms with Gasteiger partial charge in [0.25, 0.3) is 0 Å². The van der Waals surface area contributed by atoms with E-state index in [0.29, 0.717) is 26.1 Å². The summed E-state index contributed by atoms with van der Waals surface area (Å²) in [5.41, 5.74) is 1.03. The van der Waals surface area contributed by atoms with Gasteiger partial charge in [-0.05, 0) is 29.5 Å². The summed E-state index contributed by atoms with van der Waals surface area (Å²) in [7, 11) is 0. The van der Waals surface area contributed by atoms with E-state index in [1.54, 1.807) is 22.1 Å². The number of nitrogens with zero attached hydrogens (tertiary/aromatic N) is 2. The van der Waals surface area contributed by atoms with E-state index in [4.69, 9.17) is 4.42 Å². The lowest BCUT2D eigenvalue weighted by molar-refractivity contribution is -0.141. The van der Waals surface area contributed by atoms with Crippen LogP contribution in [-0.4, -0.2) is 41.2 Å². The highest BCUT2D eigenvalue weighted by atomic mass is 16.3. The van der Waals surface area contributed by atoms with E-state index in [2.05, 4.69) is 6.58 Å². The van der Waals surface area contributed by atoms with Gasteiger partial charge in [-0.1, -0.05) is 57.2 Å². The molecule has 5 nitrogen and oxygen atoms in total. The minimum Gasteiger partial charge on any atom is -0.467 e. The number of rotatable bonds is 10. The summed E-state index contributed by atoms with van der Waals surface area (Å²) in [6, 6.07) is 13.7. The molecule has 0 radical (unpaired) electrons. The smallest absolute Gasteiger partial charge is 0.242 e. The highest BCUT2D eigenvalue weighted by Gasteiger charge is 2.24. The third-order valence-corrected chi connectivity index (χ3v) is 4.50. The predicted molar refractivity (Wildman–Crippen MR) is 115 cm³/mol. The molecule has 0 unspecified atom stereocenters. The molecule has 0 fully saturated rings. The first-order valence-electron chi connectivity index (χ1n) is 10.0. The Balaban J connectivity index is 2.08. The molecule has 156 valence electrons. The van der Waals surface area contributed by atoms with Gasteiger partial charge in [0, 0.05) is 19.5 Å². The van der Waals surface area contributed by atoms with Crippen LogP contribution in [0.15, 0.2) is 65.8 Å². The Morgan fingerprint density at radius 1 is 1.03 bits per heavy atom. The number of carbonyl (C=O) groups is 2. The monoisotopic (exact) mass is 396 g/mol. The molecule has 2 aromatic rings. The van der Waals surface area contributed by atoms with Crippen molar-refractivity contribution in [1.29, 1.82) is 0 Å². The van der Waals surface area contributed by atoms with Crippen molar-refractivity contribution < 1.29 is 14.0 Å². The van der Waals surface area contributed by atoms with Crippen LogP contribution in [0, 0.1) is 5.41 Å². The first-order valence-corrected chi connectivity index (χ1v) is 10.0. The Morgan fingerprint density at radius 3 is 2.34 bits per heavy atom. The van der Waals surface area contributed by atoms with Crippen LogP contribution in [0.5, 0.6) is 0 Å². The van der Waals surface area contributed by atoms with Crippen molar-refractivity contribution in [2.24, 2.45) is 5.41 Å². The molecule has 0 saturated carbocycles. The molecule has 5 heteroatoms. The van der Waals surface area contributed by atoms with Crippen LogP contribution >= 0.6 is 0 Å². The van der Waals surface area contributed by atoms with Crippen LogP contribution in [0.2, 0.25) is 0 Å². The average Bonchev–Trinajstić information content (AvgIpc) is 3.17. The fourth-order valence-corrected chi connectivity index (χ4v) is 3.03. The Kier molecular flexibility index (Phi) is 8.25. The standard InChI is InChI=1S/C24H32N2O3/c1-5-14-25(22(27)17-24(2,3)4)19-23(28)26(18-21-12-9-16-29-21)15-13-20-10-7-6-8-11-20/h5-12,16H,1,13-15,17-19H2,2-4H3. The van der Waals surface area contributed by atoms with E-state index < -0.39 is 0 Å². The Hall–Kier alpha value is -2.82. The van der Waals surface area contributed by atoms with Crippen molar-refractivity contribution >= 4 is 11.8 Å². The molecule has 0 aliphatic rings. The van der Waals surface area contributed by atoms with Gasteiger partial charge in [-0.2, -0.15) is 0 Å². The molecule has 0 spiro atoms. The molecule has 1 aromatic heterocycles. The Morgan fingerprint density at radius 2 is 1.76 bits per heavy atom. The summed E-state index contributed by atoms with van der Waals surface area (Å²) in [5.74, 6) is 0.593. The van der Waals surface area contributed by atoms with Gasteiger partial charge in [-0.3, -0.25) is 9.59 Å². The highest BCUT2D eigenvalue weighted by molar-refractivity contribution is 5.85. The lowest BCUT2D eigenvalue weighted by atomic mass is 9.91. The van der Waals surface area contributed by atoms with E-state index in [-0.39, 0.29) is 23.8 Å². The Labute approximate surface area is 174 Å². The third kappa shape index (κ3) is 7.98. The fourth-order valence-electron chi connectivity index (χ4n) is 3.03. The molecule has 1 heterocycles. The molecule has 2 rings (SSSR count). The Bertz CT molecular complexity index is 776. The average molecular weight is 397 g/mol. The minimum absolute atomic E-state index is 0.0354. The summed E-state index contributed by atoms with van der Waals surface area (Å²) >= 11 is 0. The van der Waals surface area contributed by atoms with Crippen LogP contribution in [0.1, 0.15) is 38.5 Å². The van der Waals surface area contributed by atoms with Crippen molar-refractivity contribution in [3.05, 3.63) is 72.7 Å². The molecule has 0 N–H and O–H groups in total. The van der Waals surface area contributed by atoms with Gasteiger partial charge >= 0.3 is 0 Å². The molecule has 2 amide bonds. The van der Waals surface area contributed by atoms with Crippen molar-refractivity contribution in [2.45, 2.75) is 40.2 Å². The number of amides is 2. The summed E-state index contributed by atoms with van der Waals surface area (Å²) in [5, 5.41) is 0. The van der Waals surface area contributed by atoms with Crippen molar-refractivity contribution in [2.75, 3.05) is 19.6 Å². The molecule has 0 saturated heterocycles.